The molecule has 7 rings (SSSR count). The second kappa shape index (κ2) is 3.62. The highest BCUT2D eigenvalue weighted by Crippen LogP contribution is 2.81. The van der Waals surface area contributed by atoms with Crippen molar-refractivity contribution in [2.45, 2.75) is 63.7 Å². The summed E-state index contributed by atoms with van der Waals surface area (Å²) in [7, 11) is 0. The first kappa shape index (κ1) is 13.6. The highest BCUT2D eigenvalue weighted by Gasteiger charge is 2.82. The molecule has 0 saturated heterocycles. The van der Waals surface area contributed by atoms with Crippen LogP contribution in [0.3, 0.4) is 0 Å². The predicted molar refractivity (Wildman–Crippen MR) is 88.1 cm³/mol. The Morgan fingerprint density at radius 3 is 2.83 bits per heavy atom. The third-order valence-electron chi connectivity index (χ3n) is 9.57. The van der Waals surface area contributed by atoms with E-state index in [4.69, 9.17) is 4.99 Å². The van der Waals surface area contributed by atoms with Gasteiger partial charge in [-0.25, -0.2) is 0 Å². The van der Waals surface area contributed by atoms with Crippen LogP contribution >= 0.6 is 0 Å². The molecule has 2 unspecified atom stereocenters. The Bertz CT molecular complexity index is 658. The van der Waals surface area contributed by atoms with Crippen LogP contribution in [0.1, 0.15) is 45.4 Å². The van der Waals surface area contributed by atoms with Crippen molar-refractivity contribution in [2.24, 2.45) is 44.9 Å². The number of aliphatic hydroxyl groups is 2. The van der Waals surface area contributed by atoms with Crippen LogP contribution in [-0.4, -0.2) is 34.7 Å². The maximum atomic E-state index is 11.3. The van der Waals surface area contributed by atoms with Gasteiger partial charge in [0.2, 0.25) is 0 Å². The Balaban J connectivity index is 1.66. The molecule has 6 aliphatic carbocycles. The van der Waals surface area contributed by atoms with Crippen molar-refractivity contribution in [1.29, 1.82) is 0 Å². The summed E-state index contributed by atoms with van der Waals surface area (Å²) in [5, 5.41) is 22.5. The summed E-state index contributed by atoms with van der Waals surface area (Å²) < 4.78 is 0. The molecule has 0 aromatic rings. The van der Waals surface area contributed by atoms with Crippen molar-refractivity contribution in [2.75, 3.05) is 0 Å². The predicted octanol–water partition coefficient (Wildman–Crippen LogP) is 2.57. The van der Waals surface area contributed by atoms with Gasteiger partial charge in [-0.1, -0.05) is 19.9 Å². The third-order valence-corrected chi connectivity index (χ3v) is 9.57. The summed E-state index contributed by atoms with van der Waals surface area (Å²) in [6.07, 6.45) is 8.23. The van der Waals surface area contributed by atoms with Gasteiger partial charge < -0.3 is 10.2 Å². The van der Waals surface area contributed by atoms with Crippen LogP contribution in [0.4, 0.5) is 0 Å². The van der Waals surface area contributed by atoms with E-state index in [0.29, 0.717) is 29.7 Å². The Morgan fingerprint density at radius 1 is 1.17 bits per heavy atom. The molecule has 124 valence electrons. The van der Waals surface area contributed by atoms with Gasteiger partial charge in [0.05, 0.1) is 18.2 Å². The van der Waals surface area contributed by atoms with E-state index in [1.807, 2.05) is 0 Å². The van der Waals surface area contributed by atoms with E-state index in [-0.39, 0.29) is 22.3 Å². The summed E-state index contributed by atoms with van der Waals surface area (Å²) in [4.78, 5) is 5.15. The number of fused-ring (bicyclic) bond motifs is 1. The van der Waals surface area contributed by atoms with Crippen LogP contribution in [-0.2, 0) is 0 Å². The zero-order valence-corrected chi connectivity index (χ0v) is 13.9. The molecule has 1 heterocycles. The fraction of sp³-hybridized carbons (Fsp3) is 0.850. The molecule has 3 nitrogen and oxygen atoms in total. The highest BCUT2D eigenvalue weighted by atomic mass is 16.3. The maximum absolute atomic E-state index is 11.3. The average Bonchev–Trinajstić information content (AvgIpc) is 2.61. The van der Waals surface area contributed by atoms with Gasteiger partial charge in [-0.15, -0.1) is 0 Å². The first-order chi connectivity index (χ1) is 11.0. The summed E-state index contributed by atoms with van der Waals surface area (Å²) in [6.45, 7) is 6.60. The molecular weight excluding hydrogens is 286 g/mol. The zero-order chi connectivity index (χ0) is 15.8. The van der Waals surface area contributed by atoms with E-state index in [1.165, 1.54) is 19.3 Å². The van der Waals surface area contributed by atoms with Crippen molar-refractivity contribution < 1.29 is 10.2 Å². The smallest absolute Gasteiger partial charge is 0.0837 e. The lowest BCUT2D eigenvalue weighted by Crippen LogP contribution is -2.67. The molecular formula is C20H27NO2. The third kappa shape index (κ3) is 1.09. The molecule has 0 aromatic carbocycles. The average molecular weight is 313 g/mol. The highest BCUT2D eigenvalue weighted by molar-refractivity contribution is 5.69. The standard InChI is InChI=1S/C20H27NO2/c1-10-11-6-12-16-19-5-3-4-18(2,9-21-16)13(19)8-15(22)20(12,17(10)23)14(19)7-11/h9,11-17,22-23H,1,3-8H2,2H3/t11-,12?,13+,14-,15+,16?,17+,18-,19-,20+/m0/s1. The molecule has 0 amide bonds. The number of aliphatic hydroxyl groups excluding tert-OH is 2. The largest absolute Gasteiger partial charge is 0.392 e. The topological polar surface area (TPSA) is 52.8 Å². The second-order valence-electron chi connectivity index (χ2n) is 9.80. The summed E-state index contributed by atoms with van der Waals surface area (Å²) in [5.74, 6) is 1.83. The minimum atomic E-state index is -0.510. The molecule has 6 saturated carbocycles. The maximum Gasteiger partial charge on any atom is 0.0837 e. The molecule has 0 aromatic heterocycles. The van der Waals surface area contributed by atoms with Gasteiger partial charge in [-0.3, -0.25) is 4.99 Å². The van der Waals surface area contributed by atoms with Gasteiger partial charge in [0.15, 0.2) is 0 Å². The van der Waals surface area contributed by atoms with Gasteiger partial charge in [0.1, 0.15) is 0 Å². The molecule has 2 spiro atoms. The molecule has 3 heteroatoms. The Morgan fingerprint density at radius 2 is 2.00 bits per heavy atom. The van der Waals surface area contributed by atoms with Gasteiger partial charge in [-0.2, -0.15) is 0 Å². The molecule has 0 radical (unpaired) electrons. The Kier molecular flexibility index (Phi) is 2.14. The van der Waals surface area contributed by atoms with Crippen LogP contribution < -0.4 is 0 Å². The van der Waals surface area contributed by atoms with Crippen LogP contribution in [0.5, 0.6) is 0 Å². The van der Waals surface area contributed by atoms with E-state index in [2.05, 4.69) is 19.7 Å². The minimum absolute atomic E-state index is 0.163. The van der Waals surface area contributed by atoms with Gasteiger partial charge in [0.25, 0.3) is 0 Å². The lowest BCUT2D eigenvalue weighted by molar-refractivity contribution is -0.218. The van der Waals surface area contributed by atoms with Crippen molar-refractivity contribution in [3.63, 3.8) is 0 Å². The molecule has 1 aliphatic heterocycles. The van der Waals surface area contributed by atoms with Crippen molar-refractivity contribution in [3.8, 4) is 0 Å². The van der Waals surface area contributed by atoms with Crippen molar-refractivity contribution in [1.82, 2.24) is 0 Å². The lowest BCUT2D eigenvalue weighted by atomic mass is 9.39. The minimum Gasteiger partial charge on any atom is -0.392 e. The summed E-state index contributed by atoms with van der Waals surface area (Å²) in [5.41, 5.74) is 1.08. The molecule has 2 N–H and O–H groups in total. The summed E-state index contributed by atoms with van der Waals surface area (Å²) >= 11 is 0. The number of aliphatic imine (C=N–C) groups is 1. The van der Waals surface area contributed by atoms with Gasteiger partial charge in [-0.05, 0) is 61.3 Å². The summed E-state index contributed by atoms with van der Waals surface area (Å²) in [6, 6.07) is 0.343. The van der Waals surface area contributed by atoms with Crippen LogP contribution in [0.25, 0.3) is 0 Å². The van der Waals surface area contributed by atoms with Crippen LogP contribution in [0.15, 0.2) is 17.1 Å². The monoisotopic (exact) mass is 313 g/mol. The first-order valence-corrected chi connectivity index (χ1v) is 9.55. The first-order valence-electron chi connectivity index (χ1n) is 9.55. The molecule has 7 aliphatic rings. The number of nitrogens with zero attached hydrogens (tertiary/aromatic N) is 1. The normalized spacial score (nSPS) is 67.6. The Labute approximate surface area is 137 Å². The number of rotatable bonds is 0. The second-order valence-corrected chi connectivity index (χ2v) is 9.80. The van der Waals surface area contributed by atoms with E-state index < -0.39 is 6.10 Å². The van der Waals surface area contributed by atoms with Crippen molar-refractivity contribution in [3.05, 3.63) is 12.2 Å². The van der Waals surface area contributed by atoms with E-state index in [0.717, 1.165) is 24.8 Å². The lowest BCUT2D eigenvalue weighted by Gasteiger charge is -2.66. The quantitative estimate of drug-likeness (QED) is 0.675. The number of hydrogen-bond donors (Lipinski definition) is 2. The SMILES string of the molecule is C=C1[C@H]2CC3C4N=C[C@]5(C)CCC[C@]46[C@H](C2)[C@]3([C@H](O)C[C@@H]65)[C@@H]1O. The van der Waals surface area contributed by atoms with E-state index in [1.54, 1.807) is 0 Å². The molecule has 23 heavy (non-hydrogen) atoms. The number of hydrogen-bond acceptors (Lipinski definition) is 3. The van der Waals surface area contributed by atoms with Crippen molar-refractivity contribution >= 4 is 6.21 Å². The molecule has 6 fully saturated rings. The zero-order valence-electron chi connectivity index (χ0n) is 13.9. The fourth-order valence-electron chi connectivity index (χ4n) is 9.00. The molecule has 6 bridgehead atoms. The van der Waals surface area contributed by atoms with Crippen LogP contribution in [0.2, 0.25) is 0 Å². The van der Waals surface area contributed by atoms with E-state index >= 15 is 0 Å². The Hall–Kier alpha value is -0.670. The van der Waals surface area contributed by atoms with Gasteiger partial charge in [0, 0.05) is 22.5 Å². The van der Waals surface area contributed by atoms with Crippen LogP contribution in [0, 0.1) is 39.9 Å². The fourth-order valence-corrected chi connectivity index (χ4v) is 9.00. The van der Waals surface area contributed by atoms with Gasteiger partial charge >= 0.3 is 0 Å². The van der Waals surface area contributed by atoms with E-state index in [9.17, 15) is 10.2 Å². The molecule has 10 atom stereocenters.